The van der Waals surface area contributed by atoms with E-state index in [0.717, 1.165) is 28.7 Å². The molecule has 0 saturated carbocycles. The van der Waals surface area contributed by atoms with Crippen molar-refractivity contribution in [3.63, 3.8) is 0 Å². The second-order valence-corrected chi connectivity index (χ2v) is 11.2. The SMILES string of the molecule is CCCn1c(=O)n(C)c(=O)c2[nH]c(-c3ccc(S(=O)(=O)N4CCN(Cc5ccncc5)CC4)cc3)cc21. The van der Waals surface area contributed by atoms with Crippen molar-refractivity contribution in [2.45, 2.75) is 31.3 Å². The summed E-state index contributed by atoms with van der Waals surface area (Å²) >= 11 is 0. The molecule has 194 valence electrons. The van der Waals surface area contributed by atoms with E-state index in [1.807, 2.05) is 19.1 Å². The average molecular weight is 523 g/mol. The third-order valence-electron chi connectivity index (χ3n) is 6.86. The fourth-order valence-corrected chi connectivity index (χ4v) is 6.21. The molecule has 1 aliphatic heterocycles. The minimum absolute atomic E-state index is 0.230. The van der Waals surface area contributed by atoms with Crippen molar-refractivity contribution in [3.8, 4) is 11.3 Å². The molecule has 0 spiro atoms. The fourth-order valence-electron chi connectivity index (χ4n) is 4.78. The molecule has 37 heavy (non-hydrogen) atoms. The van der Waals surface area contributed by atoms with Crippen LogP contribution in [0, 0.1) is 0 Å². The maximum absolute atomic E-state index is 13.3. The summed E-state index contributed by atoms with van der Waals surface area (Å²) in [5.41, 5.74) is 2.70. The molecule has 0 aliphatic carbocycles. The highest BCUT2D eigenvalue weighted by Gasteiger charge is 2.28. The van der Waals surface area contributed by atoms with Gasteiger partial charge >= 0.3 is 5.69 Å². The molecule has 0 bridgehead atoms. The van der Waals surface area contributed by atoms with Crippen LogP contribution in [-0.4, -0.2) is 62.9 Å². The van der Waals surface area contributed by atoms with E-state index >= 15 is 0 Å². The lowest BCUT2D eigenvalue weighted by Crippen LogP contribution is -2.48. The molecule has 3 aromatic heterocycles. The van der Waals surface area contributed by atoms with Gasteiger partial charge in [-0.3, -0.25) is 23.8 Å². The monoisotopic (exact) mass is 522 g/mol. The molecule has 5 rings (SSSR count). The van der Waals surface area contributed by atoms with Gasteiger partial charge in [0.15, 0.2) is 0 Å². The van der Waals surface area contributed by atoms with Gasteiger partial charge in [-0.05, 0) is 47.9 Å². The topological polar surface area (TPSA) is 113 Å². The lowest BCUT2D eigenvalue weighted by atomic mass is 10.1. The Kier molecular flexibility index (Phi) is 6.84. The standard InChI is InChI=1S/C26H30N6O4S/c1-3-12-32-23-17-22(28-24(23)25(33)29(2)26(32)34)20-4-6-21(7-5-20)37(35,36)31-15-13-30(14-16-31)18-19-8-10-27-11-9-19/h4-11,17,28H,3,12-16,18H2,1-2H3. The zero-order chi connectivity index (χ0) is 26.2. The van der Waals surface area contributed by atoms with Gasteiger partial charge in [-0.25, -0.2) is 13.2 Å². The first-order valence-electron chi connectivity index (χ1n) is 12.3. The lowest BCUT2D eigenvalue weighted by Gasteiger charge is -2.34. The summed E-state index contributed by atoms with van der Waals surface area (Å²) in [6, 6.07) is 12.4. The summed E-state index contributed by atoms with van der Waals surface area (Å²) in [4.78, 5) is 34.9. The molecule has 4 heterocycles. The van der Waals surface area contributed by atoms with E-state index < -0.39 is 10.0 Å². The van der Waals surface area contributed by atoms with Crippen LogP contribution >= 0.6 is 0 Å². The van der Waals surface area contributed by atoms with Gasteiger partial charge in [-0.2, -0.15) is 4.31 Å². The number of hydrogen-bond acceptors (Lipinski definition) is 6. The number of aryl methyl sites for hydroxylation is 1. The van der Waals surface area contributed by atoms with E-state index in [-0.39, 0.29) is 16.1 Å². The number of sulfonamides is 1. The molecule has 4 aromatic rings. The summed E-state index contributed by atoms with van der Waals surface area (Å²) < 4.78 is 30.8. The Morgan fingerprint density at radius 1 is 0.973 bits per heavy atom. The van der Waals surface area contributed by atoms with Crippen LogP contribution in [0.4, 0.5) is 0 Å². The molecule has 0 atom stereocenters. The van der Waals surface area contributed by atoms with Crippen LogP contribution in [0.3, 0.4) is 0 Å². The Bertz CT molecular complexity index is 1630. The Balaban J connectivity index is 1.35. The highest BCUT2D eigenvalue weighted by atomic mass is 32.2. The molecule has 1 N–H and O–H groups in total. The predicted molar refractivity (Wildman–Crippen MR) is 142 cm³/mol. The minimum Gasteiger partial charge on any atom is -0.349 e. The third-order valence-corrected chi connectivity index (χ3v) is 8.77. The predicted octanol–water partition coefficient (Wildman–Crippen LogP) is 2.01. The van der Waals surface area contributed by atoms with E-state index in [0.29, 0.717) is 49.5 Å². The normalized spacial score (nSPS) is 15.4. The van der Waals surface area contributed by atoms with Crippen LogP contribution in [0.15, 0.2) is 69.3 Å². The van der Waals surface area contributed by atoms with Crippen molar-refractivity contribution in [3.05, 3.63) is 81.3 Å². The molecular formula is C26H30N6O4S. The van der Waals surface area contributed by atoms with E-state index in [2.05, 4.69) is 14.9 Å². The van der Waals surface area contributed by atoms with E-state index in [1.165, 1.54) is 11.4 Å². The zero-order valence-electron chi connectivity index (χ0n) is 20.9. The highest BCUT2D eigenvalue weighted by molar-refractivity contribution is 7.89. The fraction of sp³-hybridized carbons (Fsp3) is 0.346. The number of piperazine rings is 1. The van der Waals surface area contributed by atoms with Crippen LogP contribution in [0.5, 0.6) is 0 Å². The molecule has 1 fully saturated rings. The Morgan fingerprint density at radius 2 is 1.65 bits per heavy atom. The number of pyridine rings is 1. The van der Waals surface area contributed by atoms with Gasteiger partial charge < -0.3 is 4.98 Å². The minimum atomic E-state index is -3.63. The van der Waals surface area contributed by atoms with Crippen LogP contribution in [-0.2, 0) is 30.2 Å². The summed E-state index contributed by atoms with van der Waals surface area (Å²) in [6.07, 6.45) is 4.27. The Hall–Kier alpha value is -3.54. The number of H-pyrrole nitrogens is 1. The summed E-state index contributed by atoms with van der Waals surface area (Å²) in [5, 5.41) is 0. The molecule has 1 aliphatic rings. The molecule has 0 unspecified atom stereocenters. The summed E-state index contributed by atoms with van der Waals surface area (Å²) in [6.45, 7) is 5.40. The van der Waals surface area contributed by atoms with Crippen molar-refractivity contribution in [1.82, 2.24) is 28.3 Å². The first-order valence-corrected chi connectivity index (χ1v) is 13.8. The zero-order valence-corrected chi connectivity index (χ0v) is 21.7. The third kappa shape index (κ3) is 4.77. The van der Waals surface area contributed by atoms with Crippen LogP contribution in [0.2, 0.25) is 0 Å². The Morgan fingerprint density at radius 3 is 2.30 bits per heavy atom. The van der Waals surface area contributed by atoms with E-state index in [1.54, 1.807) is 47.3 Å². The second kappa shape index (κ2) is 10.1. The maximum Gasteiger partial charge on any atom is 0.331 e. The van der Waals surface area contributed by atoms with Gasteiger partial charge in [-0.15, -0.1) is 0 Å². The van der Waals surface area contributed by atoms with E-state index in [9.17, 15) is 18.0 Å². The molecule has 0 amide bonds. The Labute approximate surface area is 214 Å². The second-order valence-electron chi connectivity index (χ2n) is 9.30. The van der Waals surface area contributed by atoms with Crippen molar-refractivity contribution < 1.29 is 8.42 Å². The maximum atomic E-state index is 13.3. The number of nitrogens with one attached hydrogen (secondary N) is 1. The highest BCUT2D eigenvalue weighted by Crippen LogP contribution is 2.25. The number of rotatable bonds is 7. The number of fused-ring (bicyclic) bond motifs is 1. The van der Waals surface area contributed by atoms with Gasteiger partial charge in [0, 0.05) is 64.4 Å². The number of hydrogen-bond donors (Lipinski definition) is 1. The first-order chi connectivity index (χ1) is 17.8. The molecule has 0 radical (unpaired) electrons. The van der Waals surface area contributed by atoms with Gasteiger partial charge in [0.05, 0.1) is 10.4 Å². The van der Waals surface area contributed by atoms with Gasteiger partial charge in [0.2, 0.25) is 10.0 Å². The molecule has 1 saturated heterocycles. The first kappa shape index (κ1) is 25.1. The van der Waals surface area contributed by atoms with Crippen molar-refractivity contribution in [2.75, 3.05) is 26.2 Å². The van der Waals surface area contributed by atoms with Gasteiger partial charge in [0.1, 0.15) is 5.52 Å². The van der Waals surface area contributed by atoms with Crippen LogP contribution in [0.25, 0.3) is 22.3 Å². The summed E-state index contributed by atoms with van der Waals surface area (Å²) in [5.74, 6) is 0. The molecule has 1 aromatic carbocycles. The number of aromatic amines is 1. The number of benzene rings is 1. The van der Waals surface area contributed by atoms with Gasteiger partial charge in [-0.1, -0.05) is 19.1 Å². The number of aromatic nitrogens is 4. The van der Waals surface area contributed by atoms with E-state index in [4.69, 9.17) is 0 Å². The molecular weight excluding hydrogens is 492 g/mol. The van der Waals surface area contributed by atoms with Crippen molar-refractivity contribution in [2.24, 2.45) is 7.05 Å². The van der Waals surface area contributed by atoms with Gasteiger partial charge in [0.25, 0.3) is 5.56 Å². The number of nitrogens with zero attached hydrogens (tertiary/aromatic N) is 5. The van der Waals surface area contributed by atoms with Crippen molar-refractivity contribution >= 4 is 21.1 Å². The van der Waals surface area contributed by atoms with Crippen LogP contribution in [0.1, 0.15) is 18.9 Å². The average Bonchev–Trinajstić information content (AvgIpc) is 3.36. The lowest BCUT2D eigenvalue weighted by molar-refractivity contribution is 0.181. The quantitative estimate of drug-likeness (QED) is 0.397. The summed E-state index contributed by atoms with van der Waals surface area (Å²) in [7, 11) is -2.16. The van der Waals surface area contributed by atoms with Crippen LogP contribution < -0.4 is 11.2 Å². The molecule has 11 heteroatoms. The smallest absolute Gasteiger partial charge is 0.331 e. The largest absolute Gasteiger partial charge is 0.349 e. The van der Waals surface area contributed by atoms with Crippen molar-refractivity contribution in [1.29, 1.82) is 0 Å². The molecule has 10 nitrogen and oxygen atoms in total.